The van der Waals surface area contributed by atoms with Crippen LogP contribution in [0.3, 0.4) is 0 Å². The Balaban J connectivity index is 2.20. The van der Waals surface area contributed by atoms with Crippen molar-refractivity contribution in [2.45, 2.75) is 52.4 Å². The predicted octanol–water partition coefficient (Wildman–Crippen LogP) is 3.49. The fraction of sp³-hybridized carbons (Fsp3) is 0.923. The number of alkyl halides is 1. The van der Waals surface area contributed by atoms with Gasteiger partial charge in [0.2, 0.25) is 5.91 Å². The number of hydrogen-bond donors (Lipinski definition) is 1. The number of rotatable bonds is 6. The van der Waals surface area contributed by atoms with Gasteiger partial charge in [0.25, 0.3) is 0 Å². The van der Waals surface area contributed by atoms with Crippen LogP contribution in [-0.2, 0) is 4.79 Å². The molecule has 2 nitrogen and oxygen atoms in total. The van der Waals surface area contributed by atoms with Crippen molar-refractivity contribution in [2.75, 3.05) is 11.9 Å². The Morgan fingerprint density at radius 1 is 1.38 bits per heavy atom. The summed E-state index contributed by atoms with van der Waals surface area (Å²) < 4.78 is 0. The Morgan fingerprint density at radius 3 is 2.69 bits per heavy atom. The first-order chi connectivity index (χ1) is 7.58. The van der Waals surface area contributed by atoms with E-state index in [4.69, 9.17) is 0 Å². The third-order valence-corrected chi connectivity index (χ3v) is 4.24. The van der Waals surface area contributed by atoms with E-state index in [2.05, 4.69) is 35.1 Å². The number of carbonyl (C=O) groups is 1. The Hall–Kier alpha value is -0.0500. The molecule has 1 rings (SSSR count). The molecule has 3 heteroatoms. The molecule has 0 aromatic heterocycles. The molecule has 0 saturated heterocycles. The summed E-state index contributed by atoms with van der Waals surface area (Å²) in [6.07, 6.45) is 6.96. The molecule has 0 heterocycles. The molecule has 94 valence electrons. The van der Waals surface area contributed by atoms with Gasteiger partial charge in [0.1, 0.15) is 0 Å². The topological polar surface area (TPSA) is 29.1 Å². The summed E-state index contributed by atoms with van der Waals surface area (Å²) in [5, 5.41) is 4.15. The highest BCUT2D eigenvalue weighted by molar-refractivity contribution is 9.09. The molecule has 0 aromatic rings. The number of unbranched alkanes of at least 4 members (excludes halogenated alkanes) is 2. The van der Waals surface area contributed by atoms with Gasteiger partial charge in [-0.25, -0.2) is 0 Å². The van der Waals surface area contributed by atoms with Crippen LogP contribution in [0.1, 0.15) is 52.4 Å². The molecule has 1 unspecified atom stereocenters. The van der Waals surface area contributed by atoms with E-state index in [9.17, 15) is 4.79 Å². The maximum atomic E-state index is 12.0. The summed E-state index contributed by atoms with van der Waals surface area (Å²) in [6.45, 7) is 5.28. The molecule has 1 saturated carbocycles. The summed E-state index contributed by atoms with van der Waals surface area (Å²) in [7, 11) is 0. The predicted molar refractivity (Wildman–Crippen MR) is 71.8 cm³/mol. The monoisotopic (exact) mass is 289 g/mol. The minimum atomic E-state index is 0.208. The lowest BCUT2D eigenvalue weighted by Gasteiger charge is -2.25. The van der Waals surface area contributed by atoms with Crippen molar-refractivity contribution in [3.05, 3.63) is 0 Å². The molecular formula is C13H24BrNO. The van der Waals surface area contributed by atoms with Gasteiger partial charge in [0, 0.05) is 17.8 Å². The average molecular weight is 290 g/mol. The third kappa shape index (κ3) is 4.08. The van der Waals surface area contributed by atoms with Crippen LogP contribution >= 0.6 is 15.9 Å². The Labute approximate surface area is 108 Å². The molecule has 0 aromatic carbocycles. The van der Waals surface area contributed by atoms with Crippen LogP contribution in [0.2, 0.25) is 0 Å². The van der Waals surface area contributed by atoms with Crippen molar-refractivity contribution >= 4 is 21.8 Å². The van der Waals surface area contributed by atoms with Crippen LogP contribution in [0.25, 0.3) is 0 Å². The molecule has 1 aliphatic rings. The van der Waals surface area contributed by atoms with E-state index >= 15 is 0 Å². The summed E-state index contributed by atoms with van der Waals surface area (Å²) in [5.74, 6) is 0.519. The maximum Gasteiger partial charge on any atom is 0.223 e. The molecule has 0 radical (unpaired) electrons. The lowest BCUT2D eigenvalue weighted by Crippen LogP contribution is -2.36. The van der Waals surface area contributed by atoms with E-state index in [0.717, 1.165) is 24.7 Å². The lowest BCUT2D eigenvalue weighted by molar-refractivity contribution is -0.127. The zero-order valence-electron chi connectivity index (χ0n) is 10.5. The van der Waals surface area contributed by atoms with Crippen molar-refractivity contribution in [1.82, 2.24) is 5.32 Å². The van der Waals surface area contributed by atoms with Crippen LogP contribution in [0.15, 0.2) is 0 Å². The van der Waals surface area contributed by atoms with Gasteiger partial charge >= 0.3 is 0 Å². The zero-order valence-corrected chi connectivity index (χ0v) is 12.1. The Kier molecular flexibility index (Phi) is 5.81. The molecule has 0 spiro atoms. The van der Waals surface area contributed by atoms with E-state index in [1.807, 2.05) is 0 Å². The normalized spacial score (nSPS) is 23.3. The number of amides is 1. The molecule has 1 atom stereocenters. The van der Waals surface area contributed by atoms with Gasteiger partial charge in [-0.3, -0.25) is 4.79 Å². The van der Waals surface area contributed by atoms with E-state index in [1.165, 1.54) is 25.7 Å². The van der Waals surface area contributed by atoms with Gasteiger partial charge < -0.3 is 5.32 Å². The van der Waals surface area contributed by atoms with Crippen molar-refractivity contribution in [3.63, 3.8) is 0 Å². The van der Waals surface area contributed by atoms with Gasteiger partial charge in [0.15, 0.2) is 0 Å². The minimum Gasteiger partial charge on any atom is -0.356 e. The maximum absolute atomic E-state index is 12.0. The lowest BCUT2D eigenvalue weighted by atomic mass is 9.81. The summed E-state index contributed by atoms with van der Waals surface area (Å²) in [4.78, 5) is 12.0. The minimum absolute atomic E-state index is 0.208. The molecule has 0 aliphatic heterocycles. The van der Waals surface area contributed by atoms with Gasteiger partial charge in [-0.1, -0.05) is 42.6 Å². The van der Waals surface area contributed by atoms with Crippen molar-refractivity contribution in [2.24, 2.45) is 11.3 Å². The van der Waals surface area contributed by atoms with E-state index < -0.39 is 0 Å². The highest BCUT2D eigenvalue weighted by Gasteiger charge is 2.38. The van der Waals surface area contributed by atoms with E-state index in [1.54, 1.807) is 0 Å². The van der Waals surface area contributed by atoms with Crippen molar-refractivity contribution < 1.29 is 4.79 Å². The fourth-order valence-electron chi connectivity index (χ4n) is 2.54. The summed E-state index contributed by atoms with van der Waals surface area (Å²) in [6, 6.07) is 0. The quantitative estimate of drug-likeness (QED) is 0.589. The van der Waals surface area contributed by atoms with Crippen LogP contribution < -0.4 is 5.32 Å². The van der Waals surface area contributed by atoms with Crippen LogP contribution in [-0.4, -0.2) is 17.8 Å². The second-order valence-corrected chi connectivity index (χ2v) is 6.27. The molecular weight excluding hydrogens is 266 g/mol. The van der Waals surface area contributed by atoms with Crippen LogP contribution in [0.4, 0.5) is 0 Å². The number of nitrogens with one attached hydrogen (secondary N) is 1. The third-order valence-electron chi connectivity index (χ3n) is 3.68. The molecule has 1 aliphatic carbocycles. The summed E-state index contributed by atoms with van der Waals surface area (Å²) in [5.41, 5.74) is 0.208. The van der Waals surface area contributed by atoms with Gasteiger partial charge in [0.05, 0.1) is 0 Å². The molecule has 16 heavy (non-hydrogen) atoms. The summed E-state index contributed by atoms with van der Waals surface area (Å²) >= 11 is 3.41. The Bertz CT molecular complexity index is 228. The van der Waals surface area contributed by atoms with Gasteiger partial charge in [-0.2, -0.15) is 0 Å². The smallest absolute Gasteiger partial charge is 0.223 e. The molecule has 0 bridgehead atoms. The molecule has 1 fully saturated rings. The first kappa shape index (κ1) is 14.0. The number of carbonyl (C=O) groups excluding carboxylic acids is 1. The standard InChI is InChI=1S/C13H24BrNO/c1-13(2)8-6-7-11(13)12(16)15-10-5-3-4-9-14/h11H,3-10H2,1-2H3,(H,15,16). The number of hydrogen-bond acceptors (Lipinski definition) is 1. The molecule has 1 amide bonds. The first-order valence-corrected chi connectivity index (χ1v) is 7.54. The fourth-order valence-corrected chi connectivity index (χ4v) is 2.94. The van der Waals surface area contributed by atoms with Crippen molar-refractivity contribution in [1.29, 1.82) is 0 Å². The van der Waals surface area contributed by atoms with E-state index in [0.29, 0.717) is 0 Å². The first-order valence-electron chi connectivity index (χ1n) is 6.41. The van der Waals surface area contributed by atoms with E-state index in [-0.39, 0.29) is 17.2 Å². The number of halogens is 1. The average Bonchev–Trinajstić information content (AvgIpc) is 2.57. The van der Waals surface area contributed by atoms with Gasteiger partial charge in [-0.15, -0.1) is 0 Å². The zero-order chi connectivity index (χ0) is 12.0. The van der Waals surface area contributed by atoms with Crippen LogP contribution in [0, 0.1) is 11.3 Å². The van der Waals surface area contributed by atoms with Crippen LogP contribution in [0.5, 0.6) is 0 Å². The van der Waals surface area contributed by atoms with Gasteiger partial charge in [-0.05, 0) is 31.1 Å². The Morgan fingerprint density at radius 2 is 2.12 bits per heavy atom. The highest BCUT2D eigenvalue weighted by Crippen LogP contribution is 2.42. The van der Waals surface area contributed by atoms with Crippen molar-refractivity contribution in [3.8, 4) is 0 Å². The largest absolute Gasteiger partial charge is 0.356 e. The second kappa shape index (κ2) is 6.63. The second-order valence-electron chi connectivity index (χ2n) is 5.47. The SMILES string of the molecule is CC1(C)CCCC1C(=O)NCCCCCBr. The highest BCUT2D eigenvalue weighted by atomic mass is 79.9. The molecule has 1 N–H and O–H groups in total.